The van der Waals surface area contributed by atoms with Gasteiger partial charge in [-0.3, -0.25) is 0 Å². The van der Waals surface area contributed by atoms with E-state index in [9.17, 15) is 0 Å². The molecule has 0 spiro atoms. The van der Waals surface area contributed by atoms with Crippen molar-refractivity contribution in [3.63, 3.8) is 0 Å². The number of pyridine rings is 1. The number of unbranched alkanes of at least 4 members (excludes halogenated alkanes) is 2. The Kier molecular flexibility index (Phi) is 6.78. The van der Waals surface area contributed by atoms with Crippen LogP contribution in [0.5, 0.6) is 0 Å². The summed E-state index contributed by atoms with van der Waals surface area (Å²) < 4.78 is 15.2. The minimum atomic E-state index is -2.74. The van der Waals surface area contributed by atoms with E-state index in [1.54, 1.807) is 0 Å². The van der Waals surface area contributed by atoms with Gasteiger partial charge in [-0.2, -0.15) is 0 Å². The van der Waals surface area contributed by atoms with Crippen LogP contribution < -0.4 is 0 Å². The summed E-state index contributed by atoms with van der Waals surface area (Å²) in [5.74, 6) is 0.323. The Morgan fingerprint density at radius 1 is 1.10 bits per heavy atom. The number of nitrogens with zero attached hydrogens (tertiary/aromatic N) is 1. The zero-order valence-electron chi connectivity index (χ0n) is 12.8. The summed E-state index contributed by atoms with van der Waals surface area (Å²) in [4.78, 5) is 4.44. The summed E-state index contributed by atoms with van der Waals surface area (Å²) in [5, 5.41) is 0. The van der Waals surface area contributed by atoms with Crippen LogP contribution >= 0.6 is 0 Å². The van der Waals surface area contributed by atoms with Crippen LogP contribution in [0, 0.1) is 0 Å². The molecule has 1 aromatic rings. The molecule has 0 amide bonds. The number of aromatic nitrogens is 1. The Hall–Kier alpha value is -0.131. The topological polar surface area (TPSA) is 31.4 Å². The zero-order valence-corrected chi connectivity index (χ0v) is 15.7. The summed E-state index contributed by atoms with van der Waals surface area (Å²) in [6.45, 7) is 6.14. The van der Waals surface area contributed by atoms with Crippen LogP contribution in [0.2, 0.25) is 8.87 Å². The molecule has 0 bridgehead atoms. The van der Waals surface area contributed by atoms with Crippen molar-refractivity contribution in [1.82, 2.24) is 4.98 Å². The fraction of sp³-hybridized carbons (Fsp3) is 0.688. The molecular formula is C16H27NO2Sn. The number of rotatable bonds is 7. The Bertz CT molecular complexity index is 367. The first-order chi connectivity index (χ1) is 9.79. The standard InChI is InChI=1S/C8H9NO2.2C4H9.Sn/c10-5-7(6-11)8-3-1-2-4-9-8;2*1-3-4-2;/h1-4,7H,5-6H2;2*1,3-4H2,2H3;/q-2;;;+2. The average Bonchev–Trinajstić information content (AvgIpc) is 2.53. The summed E-state index contributed by atoms with van der Waals surface area (Å²) >= 11 is -2.74. The van der Waals surface area contributed by atoms with Gasteiger partial charge in [0, 0.05) is 0 Å². The molecule has 1 aromatic heterocycles. The molecule has 2 heterocycles. The van der Waals surface area contributed by atoms with Crippen molar-refractivity contribution in [2.24, 2.45) is 0 Å². The molecule has 0 radical (unpaired) electrons. The van der Waals surface area contributed by atoms with Crippen LogP contribution in [0.25, 0.3) is 0 Å². The molecular weight excluding hydrogens is 357 g/mol. The van der Waals surface area contributed by atoms with Crippen molar-refractivity contribution >= 4 is 19.2 Å². The van der Waals surface area contributed by atoms with Gasteiger partial charge in [0.1, 0.15) is 0 Å². The van der Waals surface area contributed by atoms with Crippen LogP contribution in [-0.4, -0.2) is 37.4 Å². The molecule has 4 heteroatoms. The van der Waals surface area contributed by atoms with Crippen LogP contribution in [0.3, 0.4) is 0 Å². The minimum absolute atomic E-state index is 0.323. The van der Waals surface area contributed by atoms with Gasteiger partial charge >= 0.3 is 128 Å². The van der Waals surface area contributed by atoms with E-state index in [0.717, 1.165) is 18.9 Å². The van der Waals surface area contributed by atoms with Gasteiger partial charge in [-0.05, 0) is 0 Å². The first-order valence-corrected chi connectivity index (χ1v) is 14.3. The van der Waals surface area contributed by atoms with Crippen molar-refractivity contribution in [3.8, 4) is 0 Å². The second-order valence-corrected chi connectivity index (χ2v) is 15.4. The Labute approximate surface area is 128 Å². The molecule has 1 aliphatic rings. The predicted molar refractivity (Wildman–Crippen MR) is 84.1 cm³/mol. The van der Waals surface area contributed by atoms with Gasteiger partial charge in [0.25, 0.3) is 0 Å². The first kappa shape index (κ1) is 16.2. The molecule has 0 aromatic carbocycles. The zero-order chi connectivity index (χ0) is 14.3. The van der Waals surface area contributed by atoms with Crippen molar-refractivity contribution in [1.29, 1.82) is 0 Å². The molecule has 0 N–H and O–H groups in total. The Morgan fingerprint density at radius 3 is 2.25 bits per heavy atom. The van der Waals surface area contributed by atoms with E-state index in [0.29, 0.717) is 5.92 Å². The third-order valence-corrected chi connectivity index (χ3v) is 14.3. The maximum atomic E-state index is 6.38. The van der Waals surface area contributed by atoms with E-state index in [2.05, 4.69) is 24.9 Å². The fourth-order valence-electron chi connectivity index (χ4n) is 2.69. The molecule has 112 valence electrons. The summed E-state index contributed by atoms with van der Waals surface area (Å²) in [5.41, 5.74) is 1.11. The quantitative estimate of drug-likeness (QED) is 0.659. The maximum absolute atomic E-state index is 6.38. The van der Waals surface area contributed by atoms with E-state index in [1.165, 1.54) is 34.6 Å². The SMILES string of the molecule is CCC[CH2][Sn]1([CH2]CCC)[O]CC(c2ccccn2)C[O]1. The molecule has 3 nitrogen and oxygen atoms in total. The van der Waals surface area contributed by atoms with Crippen molar-refractivity contribution < 1.29 is 6.15 Å². The van der Waals surface area contributed by atoms with Crippen LogP contribution in [-0.2, 0) is 6.15 Å². The number of hydrogen-bond acceptors (Lipinski definition) is 3. The molecule has 0 aliphatic carbocycles. The van der Waals surface area contributed by atoms with Crippen LogP contribution in [0.15, 0.2) is 24.4 Å². The van der Waals surface area contributed by atoms with Crippen molar-refractivity contribution in [2.75, 3.05) is 13.2 Å². The van der Waals surface area contributed by atoms with E-state index >= 15 is 0 Å². The molecule has 20 heavy (non-hydrogen) atoms. The van der Waals surface area contributed by atoms with Crippen molar-refractivity contribution in [2.45, 2.75) is 54.3 Å². The second-order valence-electron chi connectivity index (χ2n) is 5.69. The van der Waals surface area contributed by atoms with Gasteiger partial charge in [0.2, 0.25) is 0 Å². The number of hydrogen-bond donors (Lipinski definition) is 0. The molecule has 0 unspecified atom stereocenters. The van der Waals surface area contributed by atoms with E-state index in [1.807, 2.05) is 18.3 Å². The molecule has 2 rings (SSSR count). The van der Waals surface area contributed by atoms with Gasteiger partial charge in [-0.1, -0.05) is 0 Å². The molecule has 1 aliphatic heterocycles. The third-order valence-electron chi connectivity index (χ3n) is 4.02. The Morgan fingerprint density at radius 2 is 1.75 bits per heavy atom. The van der Waals surface area contributed by atoms with E-state index in [-0.39, 0.29) is 0 Å². The first-order valence-electron chi connectivity index (χ1n) is 7.98. The molecule has 0 atom stereocenters. The van der Waals surface area contributed by atoms with Gasteiger partial charge < -0.3 is 0 Å². The molecule has 0 saturated carbocycles. The third kappa shape index (κ3) is 4.43. The van der Waals surface area contributed by atoms with E-state index in [4.69, 9.17) is 6.15 Å². The van der Waals surface area contributed by atoms with Gasteiger partial charge in [-0.15, -0.1) is 0 Å². The molecule has 1 saturated heterocycles. The molecule has 1 fully saturated rings. The van der Waals surface area contributed by atoms with Crippen LogP contribution in [0.1, 0.15) is 51.1 Å². The van der Waals surface area contributed by atoms with Gasteiger partial charge in [-0.25, -0.2) is 0 Å². The van der Waals surface area contributed by atoms with Crippen molar-refractivity contribution in [3.05, 3.63) is 30.1 Å². The summed E-state index contributed by atoms with van der Waals surface area (Å²) in [7, 11) is 0. The van der Waals surface area contributed by atoms with Gasteiger partial charge in [0.05, 0.1) is 0 Å². The predicted octanol–water partition coefficient (Wildman–Crippen LogP) is 4.25. The normalized spacial score (nSPS) is 19.1. The summed E-state index contributed by atoms with van der Waals surface area (Å²) in [6.07, 6.45) is 6.85. The second kappa shape index (κ2) is 8.35. The monoisotopic (exact) mass is 385 g/mol. The summed E-state index contributed by atoms with van der Waals surface area (Å²) in [6, 6.07) is 6.08. The van der Waals surface area contributed by atoms with Crippen LogP contribution in [0.4, 0.5) is 0 Å². The average molecular weight is 384 g/mol. The van der Waals surface area contributed by atoms with Gasteiger partial charge in [0.15, 0.2) is 0 Å². The fourth-order valence-corrected chi connectivity index (χ4v) is 13.3. The van der Waals surface area contributed by atoms with E-state index < -0.39 is 19.2 Å². The Balaban J connectivity index is 1.94.